The van der Waals surface area contributed by atoms with E-state index in [9.17, 15) is 8.78 Å². The molecule has 0 fully saturated rings. The lowest BCUT2D eigenvalue weighted by molar-refractivity contribution is 0.545. The molecule has 0 aromatic heterocycles. The second-order valence-corrected chi connectivity index (χ2v) is 4.59. The maximum absolute atomic E-state index is 13.9. The summed E-state index contributed by atoms with van der Waals surface area (Å²) in [6.07, 6.45) is 0. The number of halogens is 3. The van der Waals surface area contributed by atoms with Crippen molar-refractivity contribution in [2.75, 3.05) is 6.54 Å². The van der Waals surface area contributed by atoms with Gasteiger partial charge in [-0.3, -0.25) is 0 Å². The van der Waals surface area contributed by atoms with Crippen molar-refractivity contribution in [3.8, 4) is 0 Å². The monoisotopic (exact) mass is 281 g/mol. The number of benzene rings is 2. The lowest BCUT2D eigenvalue weighted by Crippen LogP contribution is -2.23. The van der Waals surface area contributed by atoms with Crippen LogP contribution >= 0.6 is 11.6 Å². The Bertz CT molecular complexity index is 572. The van der Waals surface area contributed by atoms with E-state index in [0.717, 1.165) is 17.7 Å². The number of hydrogen-bond donors (Lipinski definition) is 1. The Morgan fingerprint density at radius 3 is 2.53 bits per heavy atom. The average molecular weight is 282 g/mol. The summed E-state index contributed by atoms with van der Waals surface area (Å²) in [5.74, 6) is -0.918. The van der Waals surface area contributed by atoms with Crippen molar-refractivity contribution in [1.82, 2.24) is 5.32 Å². The van der Waals surface area contributed by atoms with Gasteiger partial charge in [-0.1, -0.05) is 36.7 Å². The first-order valence-corrected chi connectivity index (χ1v) is 6.44. The Hall–Kier alpha value is -1.45. The highest BCUT2D eigenvalue weighted by Gasteiger charge is 2.19. The number of rotatable bonds is 4. The minimum Gasteiger partial charge on any atom is -0.306 e. The highest BCUT2D eigenvalue weighted by atomic mass is 35.5. The molecule has 1 atom stereocenters. The largest absolute Gasteiger partial charge is 0.306 e. The van der Waals surface area contributed by atoms with Crippen LogP contribution in [0.25, 0.3) is 0 Å². The van der Waals surface area contributed by atoms with Crippen LogP contribution in [0, 0.1) is 11.6 Å². The fourth-order valence-electron chi connectivity index (χ4n) is 2.04. The standard InChI is InChI=1S/C15H14ClF2N/c1-2-19-15(11-5-3-4-6-13(11)16)12-9-10(17)7-8-14(12)18/h3-9,15,19H,2H2,1H3. The lowest BCUT2D eigenvalue weighted by Gasteiger charge is -2.20. The Labute approximate surface area is 116 Å². The summed E-state index contributed by atoms with van der Waals surface area (Å²) in [6.45, 7) is 2.52. The van der Waals surface area contributed by atoms with E-state index in [-0.39, 0.29) is 5.56 Å². The van der Waals surface area contributed by atoms with Gasteiger partial charge in [-0.2, -0.15) is 0 Å². The van der Waals surface area contributed by atoms with Gasteiger partial charge in [-0.25, -0.2) is 8.78 Å². The summed E-state index contributed by atoms with van der Waals surface area (Å²) in [6, 6.07) is 10.1. The topological polar surface area (TPSA) is 12.0 Å². The van der Waals surface area contributed by atoms with E-state index in [1.165, 1.54) is 6.07 Å². The summed E-state index contributed by atoms with van der Waals surface area (Å²) in [5, 5.41) is 3.66. The predicted octanol–water partition coefficient (Wildman–Crippen LogP) is 4.32. The molecule has 0 radical (unpaired) electrons. The van der Waals surface area contributed by atoms with Crippen molar-refractivity contribution < 1.29 is 8.78 Å². The van der Waals surface area contributed by atoms with Gasteiger partial charge in [-0.15, -0.1) is 0 Å². The zero-order chi connectivity index (χ0) is 13.8. The summed E-state index contributed by atoms with van der Waals surface area (Å²) in [4.78, 5) is 0. The Morgan fingerprint density at radius 1 is 1.11 bits per heavy atom. The van der Waals surface area contributed by atoms with Crippen LogP contribution in [0.2, 0.25) is 5.02 Å². The van der Waals surface area contributed by atoms with Crippen LogP contribution in [0.1, 0.15) is 24.1 Å². The van der Waals surface area contributed by atoms with Crippen molar-refractivity contribution in [3.05, 3.63) is 70.2 Å². The van der Waals surface area contributed by atoms with Crippen LogP contribution < -0.4 is 5.32 Å². The molecule has 2 aromatic rings. The molecule has 0 bridgehead atoms. The number of hydrogen-bond acceptors (Lipinski definition) is 1. The maximum atomic E-state index is 13.9. The van der Waals surface area contributed by atoms with E-state index in [1.54, 1.807) is 18.2 Å². The minimum atomic E-state index is -0.466. The molecule has 0 spiro atoms. The van der Waals surface area contributed by atoms with Crippen LogP contribution in [0.15, 0.2) is 42.5 Å². The maximum Gasteiger partial charge on any atom is 0.128 e. The molecule has 1 unspecified atom stereocenters. The van der Waals surface area contributed by atoms with Gasteiger partial charge < -0.3 is 5.32 Å². The highest BCUT2D eigenvalue weighted by Crippen LogP contribution is 2.30. The van der Waals surface area contributed by atoms with Crippen LogP contribution in [-0.2, 0) is 0 Å². The van der Waals surface area contributed by atoms with Crippen LogP contribution in [0.5, 0.6) is 0 Å². The van der Waals surface area contributed by atoms with Gasteiger partial charge in [0, 0.05) is 10.6 Å². The molecule has 0 amide bonds. The molecule has 0 aliphatic rings. The van der Waals surface area contributed by atoms with Gasteiger partial charge in [0.1, 0.15) is 11.6 Å². The van der Waals surface area contributed by atoms with Gasteiger partial charge in [0.05, 0.1) is 6.04 Å². The summed E-state index contributed by atoms with van der Waals surface area (Å²) < 4.78 is 27.2. The van der Waals surface area contributed by atoms with E-state index >= 15 is 0 Å². The highest BCUT2D eigenvalue weighted by molar-refractivity contribution is 6.31. The van der Waals surface area contributed by atoms with Crippen LogP contribution in [0.3, 0.4) is 0 Å². The zero-order valence-corrected chi connectivity index (χ0v) is 11.2. The molecule has 2 aromatic carbocycles. The molecule has 0 aliphatic carbocycles. The number of nitrogens with one attached hydrogen (secondary N) is 1. The molecular weight excluding hydrogens is 268 g/mol. The molecule has 1 nitrogen and oxygen atoms in total. The first-order valence-electron chi connectivity index (χ1n) is 6.06. The molecule has 0 aliphatic heterocycles. The Balaban J connectivity index is 2.51. The fraction of sp³-hybridized carbons (Fsp3) is 0.200. The minimum absolute atomic E-state index is 0.259. The average Bonchev–Trinajstić information content (AvgIpc) is 2.40. The smallest absolute Gasteiger partial charge is 0.128 e. The lowest BCUT2D eigenvalue weighted by atomic mass is 9.98. The van der Waals surface area contributed by atoms with Gasteiger partial charge in [-0.05, 0) is 36.4 Å². The molecule has 100 valence electrons. The van der Waals surface area contributed by atoms with Crippen molar-refractivity contribution >= 4 is 11.6 Å². The molecule has 0 saturated heterocycles. The van der Waals surface area contributed by atoms with E-state index in [0.29, 0.717) is 11.6 Å². The van der Waals surface area contributed by atoms with Gasteiger partial charge >= 0.3 is 0 Å². The first kappa shape index (κ1) is 14.0. The third-order valence-electron chi connectivity index (χ3n) is 2.89. The molecule has 2 rings (SSSR count). The molecule has 0 saturated carbocycles. The van der Waals surface area contributed by atoms with Crippen molar-refractivity contribution in [2.24, 2.45) is 0 Å². The van der Waals surface area contributed by atoms with Gasteiger partial charge in [0.15, 0.2) is 0 Å². The third kappa shape index (κ3) is 3.11. The molecule has 4 heteroatoms. The third-order valence-corrected chi connectivity index (χ3v) is 3.24. The fourth-order valence-corrected chi connectivity index (χ4v) is 2.28. The predicted molar refractivity (Wildman–Crippen MR) is 73.3 cm³/mol. The van der Waals surface area contributed by atoms with Crippen molar-refractivity contribution in [1.29, 1.82) is 0 Å². The van der Waals surface area contributed by atoms with Crippen molar-refractivity contribution in [2.45, 2.75) is 13.0 Å². The Kier molecular flexibility index (Phi) is 4.51. The Morgan fingerprint density at radius 2 is 1.84 bits per heavy atom. The zero-order valence-electron chi connectivity index (χ0n) is 10.5. The molecular formula is C15H14ClF2N. The van der Waals surface area contributed by atoms with E-state index in [4.69, 9.17) is 11.6 Å². The second kappa shape index (κ2) is 6.13. The second-order valence-electron chi connectivity index (χ2n) is 4.18. The quantitative estimate of drug-likeness (QED) is 0.880. The van der Waals surface area contributed by atoms with Crippen LogP contribution in [-0.4, -0.2) is 6.54 Å². The normalized spacial score (nSPS) is 12.4. The molecule has 19 heavy (non-hydrogen) atoms. The molecule has 1 N–H and O–H groups in total. The van der Waals surface area contributed by atoms with E-state index < -0.39 is 17.7 Å². The van der Waals surface area contributed by atoms with E-state index in [1.807, 2.05) is 13.0 Å². The summed E-state index contributed by atoms with van der Waals surface area (Å²) in [7, 11) is 0. The van der Waals surface area contributed by atoms with Gasteiger partial charge in [0.25, 0.3) is 0 Å². The SMILES string of the molecule is CCNC(c1cc(F)ccc1F)c1ccccc1Cl. The molecule has 0 heterocycles. The summed E-state index contributed by atoms with van der Waals surface area (Å²) in [5.41, 5.74) is 0.991. The van der Waals surface area contributed by atoms with Gasteiger partial charge in [0.2, 0.25) is 0 Å². The summed E-state index contributed by atoms with van der Waals surface area (Å²) >= 11 is 6.14. The van der Waals surface area contributed by atoms with Crippen LogP contribution in [0.4, 0.5) is 8.78 Å². The van der Waals surface area contributed by atoms with Crippen molar-refractivity contribution in [3.63, 3.8) is 0 Å². The first-order chi connectivity index (χ1) is 9.13. The van der Waals surface area contributed by atoms with E-state index in [2.05, 4.69) is 5.32 Å².